The summed E-state index contributed by atoms with van der Waals surface area (Å²) in [6.45, 7) is 2.06. The van der Waals surface area contributed by atoms with Gasteiger partial charge < -0.3 is 15.7 Å². The van der Waals surface area contributed by atoms with Crippen LogP contribution in [-0.4, -0.2) is 28.7 Å². The molecule has 2 atom stereocenters. The molecule has 0 saturated heterocycles. The van der Waals surface area contributed by atoms with Crippen LogP contribution < -0.4 is 10.6 Å². The molecule has 2 fully saturated rings. The lowest BCUT2D eigenvalue weighted by atomic mass is 9.84. The molecule has 0 aliphatic heterocycles. The first-order chi connectivity index (χ1) is 9.00. The van der Waals surface area contributed by atoms with Crippen LogP contribution in [0.4, 0.5) is 4.79 Å². The minimum Gasteiger partial charge on any atom is -0.481 e. The zero-order valence-corrected chi connectivity index (χ0v) is 11.6. The summed E-state index contributed by atoms with van der Waals surface area (Å²) in [6.07, 6.45) is 7.68. The molecular weight excluding hydrogens is 244 g/mol. The van der Waals surface area contributed by atoms with E-state index in [0.717, 1.165) is 44.9 Å². The number of rotatable bonds is 3. The molecule has 0 heterocycles. The van der Waals surface area contributed by atoms with Gasteiger partial charge in [-0.05, 0) is 32.6 Å². The van der Waals surface area contributed by atoms with E-state index in [1.165, 1.54) is 0 Å². The van der Waals surface area contributed by atoms with Gasteiger partial charge in [0.1, 0.15) is 0 Å². The maximum absolute atomic E-state index is 12.0. The molecule has 0 aromatic heterocycles. The number of carboxylic acids is 1. The third-order valence-electron chi connectivity index (χ3n) is 4.52. The number of nitrogens with one attached hydrogen (secondary N) is 2. The van der Waals surface area contributed by atoms with Crippen molar-refractivity contribution >= 4 is 12.0 Å². The predicted octanol–water partition coefficient (Wildman–Crippen LogP) is 2.26. The second-order valence-electron chi connectivity index (χ2n) is 6.20. The number of hydrogen-bond acceptors (Lipinski definition) is 2. The summed E-state index contributed by atoms with van der Waals surface area (Å²) in [5.74, 6) is -1.23. The van der Waals surface area contributed by atoms with Crippen LogP contribution in [0.15, 0.2) is 0 Å². The molecule has 108 valence electrons. The standard InChI is InChI=1S/C14H24N2O3/c1-14(8-4-5-9-14)16-13(19)15-11-7-3-2-6-10(11)12(17)18/h10-11H,2-9H2,1H3,(H,17,18)(H2,15,16,19). The van der Waals surface area contributed by atoms with Crippen LogP contribution in [0.25, 0.3) is 0 Å². The molecule has 2 rings (SSSR count). The molecule has 2 saturated carbocycles. The maximum Gasteiger partial charge on any atom is 0.315 e. The van der Waals surface area contributed by atoms with E-state index in [2.05, 4.69) is 17.6 Å². The molecule has 0 radical (unpaired) electrons. The van der Waals surface area contributed by atoms with E-state index < -0.39 is 11.9 Å². The van der Waals surface area contributed by atoms with Gasteiger partial charge in [-0.15, -0.1) is 0 Å². The van der Waals surface area contributed by atoms with Crippen LogP contribution in [0.2, 0.25) is 0 Å². The minimum absolute atomic E-state index is 0.114. The van der Waals surface area contributed by atoms with Crippen molar-refractivity contribution in [3.05, 3.63) is 0 Å². The van der Waals surface area contributed by atoms with Crippen LogP contribution in [0, 0.1) is 5.92 Å². The van der Waals surface area contributed by atoms with E-state index in [0.29, 0.717) is 6.42 Å². The smallest absolute Gasteiger partial charge is 0.315 e. The number of urea groups is 1. The van der Waals surface area contributed by atoms with Crippen molar-refractivity contribution in [3.63, 3.8) is 0 Å². The minimum atomic E-state index is -0.794. The van der Waals surface area contributed by atoms with Gasteiger partial charge in [0, 0.05) is 11.6 Å². The number of carbonyl (C=O) groups excluding carboxylic acids is 1. The Balaban J connectivity index is 1.88. The number of amides is 2. The second-order valence-corrected chi connectivity index (χ2v) is 6.20. The lowest BCUT2D eigenvalue weighted by Gasteiger charge is -2.32. The normalized spacial score (nSPS) is 29.7. The topological polar surface area (TPSA) is 78.4 Å². The van der Waals surface area contributed by atoms with E-state index in [4.69, 9.17) is 0 Å². The molecule has 0 aromatic carbocycles. The molecular formula is C14H24N2O3. The van der Waals surface area contributed by atoms with E-state index in [9.17, 15) is 14.7 Å². The van der Waals surface area contributed by atoms with Gasteiger partial charge >= 0.3 is 12.0 Å². The highest BCUT2D eigenvalue weighted by Crippen LogP contribution is 2.29. The second kappa shape index (κ2) is 5.80. The molecule has 0 spiro atoms. The Kier molecular flexibility index (Phi) is 4.32. The fourth-order valence-electron chi connectivity index (χ4n) is 3.36. The summed E-state index contributed by atoms with van der Waals surface area (Å²) in [5.41, 5.74) is -0.114. The van der Waals surface area contributed by atoms with Crippen molar-refractivity contribution in [3.8, 4) is 0 Å². The summed E-state index contributed by atoms with van der Waals surface area (Å²) >= 11 is 0. The quantitative estimate of drug-likeness (QED) is 0.734. The number of aliphatic carboxylic acids is 1. The fraction of sp³-hybridized carbons (Fsp3) is 0.857. The van der Waals surface area contributed by atoms with Crippen LogP contribution in [0.5, 0.6) is 0 Å². The third kappa shape index (κ3) is 3.61. The van der Waals surface area contributed by atoms with Crippen molar-refractivity contribution in [1.82, 2.24) is 10.6 Å². The highest BCUT2D eigenvalue weighted by Gasteiger charge is 2.34. The van der Waals surface area contributed by atoms with Crippen LogP contribution in [0.1, 0.15) is 58.3 Å². The molecule has 3 N–H and O–H groups in total. The van der Waals surface area contributed by atoms with Crippen molar-refractivity contribution < 1.29 is 14.7 Å². The SMILES string of the molecule is CC1(NC(=O)NC2CCCCC2C(=O)O)CCCC1. The monoisotopic (exact) mass is 268 g/mol. The van der Waals surface area contributed by atoms with E-state index in [-0.39, 0.29) is 17.6 Å². The first kappa shape index (κ1) is 14.2. The zero-order valence-electron chi connectivity index (χ0n) is 11.6. The Hall–Kier alpha value is -1.26. The van der Waals surface area contributed by atoms with Gasteiger partial charge in [0.25, 0.3) is 0 Å². The molecule has 0 bridgehead atoms. The van der Waals surface area contributed by atoms with Gasteiger partial charge in [-0.3, -0.25) is 4.79 Å². The third-order valence-corrected chi connectivity index (χ3v) is 4.52. The Bertz CT molecular complexity index is 351. The van der Waals surface area contributed by atoms with Crippen molar-refractivity contribution in [2.24, 2.45) is 5.92 Å². The van der Waals surface area contributed by atoms with Crippen LogP contribution in [-0.2, 0) is 4.79 Å². The largest absolute Gasteiger partial charge is 0.481 e. The summed E-state index contributed by atoms with van der Waals surface area (Å²) < 4.78 is 0. The van der Waals surface area contributed by atoms with Crippen molar-refractivity contribution in [1.29, 1.82) is 0 Å². The van der Waals surface area contributed by atoms with E-state index in [1.54, 1.807) is 0 Å². The Morgan fingerprint density at radius 3 is 2.37 bits per heavy atom. The highest BCUT2D eigenvalue weighted by molar-refractivity contribution is 5.77. The molecule has 2 unspecified atom stereocenters. The van der Waals surface area contributed by atoms with E-state index in [1.807, 2.05) is 0 Å². The lowest BCUT2D eigenvalue weighted by Crippen LogP contribution is -2.54. The summed E-state index contributed by atoms with van der Waals surface area (Å²) in [6, 6.07) is -0.432. The number of hydrogen-bond donors (Lipinski definition) is 3. The zero-order chi connectivity index (χ0) is 13.9. The Morgan fingerprint density at radius 2 is 1.74 bits per heavy atom. The van der Waals surface area contributed by atoms with Crippen molar-refractivity contribution in [2.75, 3.05) is 0 Å². The Labute approximate surface area is 114 Å². The van der Waals surface area contributed by atoms with Crippen LogP contribution in [0.3, 0.4) is 0 Å². The van der Waals surface area contributed by atoms with Crippen molar-refractivity contribution in [2.45, 2.75) is 69.9 Å². The first-order valence-corrected chi connectivity index (χ1v) is 7.32. The molecule has 2 aliphatic carbocycles. The van der Waals surface area contributed by atoms with Gasteiger partial charge in [0.15, 0.2) is 0 Å². The van der Waals surface area contributed by atoms with Gasteiger partial charge in [0.05, 0.1) is 5.92 Å². The molecule has 5 nitrogen and oxygen atoms in total. The number of carboxylic acid groups (broad SMARTS) is 1. The lowest BCUT2D eigenvalue weighted by molar-refractivity contribution is -0.143. The maximum atomic E-state index is 12.0. The molecule has 5 heteroatoms. The molecule has 2 amide bonds. The predicted molar refractivity (Wildman–Crippen MR) is 71.9 cm³/mol. The molecule has 0 aromatic rings. The Morgan fingerprint density at radius 1 is 1.11 bits per heavy atom. The van der Waals surface area contributed by atoms with Gasteiger partial charge in [-0.2, -0.15) is 0 Å². The fourth-order valence-corrected chi connectivity index (χ4v) is 3.36. The van der Waals surface area contributed by atoms with Gasteiger partial charge in [-0.25, -0.2) is 4.79 Å². The average Bonchev–Trinajstić information content (AvgIpc) is 2.75. The van der Waals surface area contributed by atoms with Gasteiger partial charge in [0.2, 0.25) is 0 Å². The summed E-state index contributed by atoms with van der Waals surface area (Å²) in [7, 11) is 0. The van der Waals surface area contributed by atoms with Gasteiger partial charge in [-0.1, -0.05) is 25.7 Å². The summed E-state index contributed by atoms with van der Waals surface area (Å²) in [4.78, 5) is 23.2. The number of carbonyl (C=O) groups is 2. The highest BCUT2D eigenvalue weighted by atomic mass is 16.4. The molecule has 19 heavy (non-hydrogen) atoms. The molecule has 2 aliphatic rings. The van der Waals surface area contributed by atoms with Crippen LogP contribution >= 0.6 is 0 Å². The van der Waals surface area contributed by atoms with E-state index >= 15 is 0 Å². The summed E-state index contributed by atoms with van der Waals surface area (Å²) in [5, 5.41) is 15.1. The first-order valence-electron chi connectivity index (χ1n) is 7.32. The average molecular weight is 268 g/mol.